The van der Waals surface area contributed by atoms with Gasteiger partial charge in [-0.2, -0.15) is 0 Å². The lowest BCUT2D eigenvalue weighted by Crippen LogP contribution is -2.21. The zero-order chi connectivity index (χ0) is 9.40. The fraction of sp³-hybridized carbons (Fsp3) is 0.900. The van der Waals surface area contributed by atoms with Gasteiger partial charge in [-0.3, -0.25) is 4.79 Å². The molecule has 0 bridgehead atoms. The number of carbonyl (C=O) groups excluding carboxylic acids is 1. The van der Waals surface area contributed by atoms with Crippen molar-refractivity contribution >= 4 is 5.78 Å². The lowest BCUT2D eigenvalue weighted by Gasteiger charge is -2.12. The molecule has 1 unspecified atom stereocenters. The number of methoxy groups -OCH3 is 1. The third kappa shape index (κ3) is 4.50. The quantitative estimate of drug-likeness (QED) is 0.552. The van der Waals surface area contributed by atoms with Gasteiger partial charge in [0, 0.05) is 13.5 Å². The maximum atomic E-state index is 11.2. The Morgan fingerprint density at radius 1 is 1.33 bits per heavy atom. The van der Waals surface area contributed by atoms with Gasteiger partial charge in [-0.25, -0.2) is 0 Å². The summed E-state index contributed by atoms with van der Waals surface area (Å²) < 4.78 is 5.10. The molecular formula is C10H20O2. The molecule has 0 aromatic carbocycles. The number of hydrogen-bond acceptors (Lipinski definition) is 2. The van der Waals surface area contributed by atoms with E-state index in [1.165, 1.54) is 12.8 Å². The van der Waals surface area contributed by atoms with Gasteiger partial charge in [-0.1, -0.05) is 33.1 Å². The second-order valence-corrected chi connectivity index (χ2v) is 3.04. The molecule has 72 valence electrons. The SMILES string of the molecule is CCCCCC(OC)C(=O)CC. The van der Waals surface area contributed by atoms with Gasteiger partial charge in [0.05, 0.1) is 0 Å². The van der Waals surface area contributed by atoms with E-state index in [4.69, 9.17) is 4.74 Å². The van der Waals surface area contributed by atoms with E-state index < -0.39 is 0 Å². The molecule has 1 atom stereocenters. The Morgan fingerprint density at radius 3 is 2.42 bits per heavy atom. The Kier molecular flexibility index (Phi) is 7.06. The van der Waals surface area contributed by atoms with E-state index >= 15 is 0 Å². The number of ether oxygens (including phenoxy) is 1. The van der Waals surface area contributed by atoms with Crippen LogP contribution in [0.4, 0.5) is 0 Å². The summed E-state index contributed by atoms with van der Waals surface area (Å²) in [6.45, 7) is 4.04. The molecule has 0 fully saturated rings. The summed E-state index contributed by atoms with van der Waals surface area (Å²) >= 11 is 0. The summed E-state index contributed by atoms with van der Waals surface area (Å²) in [5.74, 6) is 0.230. The standard InChI is InChI=1S/C10H20O2/c1-4-6-7-8-10(12-3)9(11)5-2/h10H,4-8H2,1-3H3. The van der Waals surface area contributed by atoms with Gasteiger partial charge < -0.3 is 4.74 Å². The van der Waals surface area contributed by atoms with Gasteiger partial charge in [0.25, 0.3) is 0 Å². The van der Waals surface area contributed by atoms with Gasteiger partial charge in [0.2, 0.25) is 0 Å². The fourth-order valence-corrected chi connectivity index (χ4v) is 1.22. The van der Waals surface area contributed by atoms with E-state index in [9.17, 15) is 4.79 Å². The first-order valence-electron chi connectivity index (χ1n) is 4.81. The summed E-state index contributed by atoms with van der Waals surface area (Å²) in [6.07, 6.45) is 4.80. The van der Waals surface area contributed by atoms with Crippen LogP contribution in [0.15, 0.2) is 0 Å². The monoisotopic (exact) mass is 172 g/mol. The number of unbranched alkanes of at least 4 members (excludes halogenated alkanes) is 2. The van der Waals surface area contributed by atoms with E-state index in [2.05, 4.69) is 6.92 Å². The second kappa shape index (κ2) is 7.29. The van der Waals surface area contributed by atoms with Crippen LogP contribution in [0.2, 0.25) is 0 Å². The van der Waals surface area contributed by atoms with Crippen molar-refractivity contribution in [3.8, 4) is 0 Å². The van der Waals surface area contributed by atoms with E-state index in [-0.39, 0.29) is 11.9 Å². The summed E-state index contributed by atoms with van der Waals surface area (Å²) in [6, 6.07) is 0. The van der Waals surface area contributed by atoms with Crippen LogP contribution < -0.4 is 0 Å². The highest BCUT2D eigenvalue weighted by Gasteiger charge is 2.14. The molecule has 0 rings (SSSR count). The lowest BCUT2D eigenvalue weighted by atomic mass is 10.1. The lowest BCUT2D eigenvalue weighted by molar-refractivity contribution is -0.128. The Hall–Kier alpha value is -0.370. The van der Waals surface area contributed by atoms with Crippen molar-refractivity contribution < 1.29 is 9.53 Å². The molecule has 2 nitrogen and oxygen atoms in total. The van der Waals surface area contributed by atoms with Crippen LogP contribution in [0.1, 0.15) is 46.0 Å². The van der Waals surface area contributed by atoms with Gasteiger partial charge >= 0.3 is 0 Å². The van der Waals surface area contributed by atoms with Gasteiger partial charge in [0.15, 0.2) is 5.78 Å². The minimum absolute atomic E-state index is 0.151. The van der Waals surface area contributed by atoms with Crippen LogP contribution in [0.5, 0.6) is 0 Å². The van der Waals surface area contributed by atoms with Crippen molar-refractivity contribution in [3.63, 3.8) is 0 Å². The largest absolute Gasteiger partial charge is 0.374 e. The third-order valence-electron chi connectivity index (χ3n) is 2.06. The van der Waals surface area contributed by atoms with Crippen molar-refractivity contribution in [2.24, 2.45) is 0 Å². The van der Waals surface area contributed by atoms with E-state index in [1.807, 2.05) is 6.92 Å². The number of hydrogen-bond donors (Lipinski definition) is 0. The molecule has 0 amide bonds. The highest BCUT2D eigenvalue weighted by atomic mass is 16.5. The Morgan fingerprint density at radius 2 is 2.00 bits per heavy atom. The summed E-state index contributed by atoms with van der Waals surface area (Å²) in [5.41, 5.74) is 0. The van der Waals surface area contributed by atoms with Crippen LogP contribution in [-0.2, 0) is 9.53 Å². The van der Waals surface area contributed by atoms with Gasteiger partial charge in [-0.15, -0.1) is 0 Å². The first kappa shape index (κ1) is 11.6. The maximum absolute atomic E-state index is 11.2. The molecule has 2 heteroatoms. The third-order valence-corrected chi connectivity index (χ3v) is 2.06. The molecule has 0 radical (unpaired) electrons. The number of ketones is 1. The summed E-state index contributed by atoms with van der Waals surface area (Å²) in [5, 5.41) is 0. The molecule has 0 saturated carbocycles. The van der Waals surface area contributed by atoms with Crippen LogP contribution in [0.25, 0.3) is 0 Å². The molecule has 12 heavy (non-hydrogen) atoms. The normalized spacial score (nSPS) is 12.9. The maximum Gasteiger partial charge on any atom is 0.161 e. The Bertz CT molecular complexity index is 121. The molecule has 0 saturated heterocycles. The first-order valence-corrected chi connectivity index (χ1v) is 4.81. The average Bonchev–Trinajstić information content (AvgIpc) is 2.11. The van der Waals surface area contributed by atoms with Crippen LogP contribution in [-0.4, -0.2) is 19.0 Å². The smallest absolute Gasteiger partial charge is 0.161 e. The average molecular weight is 172 g/mol. The minimum Gasteiger partial charge on any atom is -0.374 e. The zero-order valence-corrected chi connectivity index (χ0v) is 8.43. The van der Waals surface area contributed by atoms with Crippen molar-refractivity contribution in [1.29, 1.82) is 0 Å². The number of carbonyl (C=O) groups is 1. The van der Waals surface area contributed by atoms with E-state index in [0.29, 0.717) is 6.42 Å². The Balaban J connectivity index is 3.60. The van der Waals surface area contributed by atoms with Crippen molar-refractivity contribution in [1.82, 2.24) is 0 Å². The van der Waals surface area contributed by atoms with Crippen LogP contribution in [0, 0.1) is 0 Å². The molecule has 0 aromatic rings. The van der Waals surface area contributed by atoms with Gasteiger partial charge in [-0.05, 0) is 6.42 Å². The molecular weight excluding hydrogens is 152 g/mol. The predicted molar refractivity (Wildman–Crippen MR) is 50.2 cm³/mol. The summed E-state index contributed by atoms with van der Waals surface area (Å²) in [7, 11) is 1.62. The predicted octanol–water partition coefficient (Wildman–Crippen LogP) is 2.56. The molecule has 0 aliphatic carbocycles. The molecule has 0 aromatic heterocycles. The van der Waals surface area contributed by atoms with Gasteiger partial charge in [0.1, 0.15) is 6.10 Å². The van der Waals surface area contributed by atoms with E-state index in [0.717, 1.165) is 12.8 Å². The van der Waals surface area contributed by atoms with E-state index in [1.54, 1.807) is 7.11 Å². The minimum atomic E-state index is -0.151. The molecule has 0 spiro atoms. The van der Waals surface area contributed by atoms with Crippen LogP contribution >= 0.6 is 0 Å². The number of Topliss-reactive ketones (excluding diaryl/α,β-unsaturated/α-hetero) is 1. The Labute approximate surface area is 75.3 Å². The second-order valence-electron chi connectivity index (χ2n) is 3.04. The summed E-state index contributed by atoms with van der Waals surface area (Å²) in [4.78, 5) is 11.2. The van der Waals surface area contributed by atoms with Crippen molar-refractivity contribution in [2.45, 2.75) is 52.1 Å². The molecule has 0 N–H and O–H groups in total. The molecule has 0 aliphatic heterocycles. The molecule has 0 heterocycles. The highest BCUT2D eigenvalue weighted by molar-refractivity contribution is 5.82. The highest BCUT2D eigenvalue weighted by Crippen LogP contribution is 2.08. The van der Waals surface area contributed by atoms with Crippen LogP contribution in [0.3, 0.4) is 0 Å². The van der Waals surface area contributed by atoms with Crippen molar-refractivity contribution in [3.05, 3.63) is 0 Å². The number of rotatable bonds is 7. The zero-order valence-electron chi connectivity index (χ0n) is 8.43. The first-order chi connectivity index (χ1) is 5.76. The van der Waals surface area contributed by atoms with Crippen molar-refractivity contribution in [2.75, 3.05) is 7.11 Å². The topological polar surface area (TPSA) is 26.3 Å². The fourth-order valence-electron chi connectivity index (χ4n) is 1.22. The molecule has 0 aliphatic rings.